The van der Waals surface area contributed by atoms with Gasteiger partial charge in [0.1, 0.15) is 18.9 Å². The fourth-order valence-electron chi connectivity index (χ4n) is 1.77. The number of carbonyl (C=O) groups excluding carboxylic acids is 2. The third-order valence-electron chi connectivity index (χ3n) is 2.86. The average Bonchev–Trinajstić information content (AvgIpc) is 2.50. The molecule has 4 N–H and O–H groups in total. The fraction of sp³-hybridized carbons (Fsp3) is 0.429. The van der Waals surface area contributed by atoms with Gasteiger partial charge in [0.05, 0.1) is 0 Å². The van der Waals surface area contributed by atoms with Crippen LogP contribution in [0.3, 0.4) is 0 Å². The fourth-order valence-corrected chi connectivity index (χ4v) is 2.13. The first-order valence-electron chi connectivity index (χ1n) is 7.11. The Bertz CT molecular complexity index is 560. The number of hydrogen-bond donors (Lipinski definition) is 4. The summed E-state index contributed by atoms with van der Waals surface area (Å²) in [5.74, 6) is -0.660. The van der Waals surface area contributed by atoms with Crippen molar-refractivity contribution in [2.75, 3.05) is 6.29 Å². The van der Waals surface area contributed by atoms with Gasteiger partial charge in [-0.25, -0.2) is 4.79 Å². The van der Waals surface area contributed by atoms with Crippen molar-refractivity contribution in [3.05, 3.63) is 35.9 Å². The summed E-state index contributed by atoms with van der Waals surface area (Å²) in [6.07, 6.45) is -0.605. The Labute approximate surface area is 134 Å². The van der Waals surface area contributed by atoms with Crippen LogP contribution in [0.1, 0.15) is 25.3 Å². The van der Waals surface area contributed by atoms with Crippen LogP contribution in [0.4, 0.5) is 4.79 Å². The van der Waals surface area contributed by atoms with E-state index < -0.39 is 31.9 Å². The van der Waals surface area contributed by atoms with Gasteiger partial charge in [0.25, 0.3) is 0 Å². The lowest BCUT2D eigenvalue weighted by molar-refractivity contribution is -0.123. The van der Waals surface area contributed by atoms with E-state index in [1.165, 1.54) is 0 Å². The number of carbonyl (C=O) groups is 2. The van der Waals surface area contributed by atoms with E-state index in [1.807, 2.05) is 25.1 Å². The Morgan fingerprint density at radius 1 is 1.26 bits per heavy atom. The van der Waals surface area contributed by atoms with Gasteiger partial charge < -0.3 is 25.2 Å². The lowest BCUT2D eigenvalue weighted by atomic mass is 10.1. The maximum absolute atomic E-state index is 11.9. The average molecular weight is 344 g/mol. The number of alkyl carbamates (subject to hydrolysis) is 1. The molecule has 8 nitrogen and oxygen atoms in total. The van der Waals surface area contributed by atoms with Crippen LogP contribution in [0.25, 0.3) is 0 Å². The van der Waals surface area contributed by atoms with Gasteiger partial charge >= 0.3 is 13.7 Å². The van der Waals surface area contributed by atoms with Gasteiger partial charge in [-0.15, -0.1) is 0 Å². The zero-order valence-electron chi connectivity index (χ0n) is 12.8. The minimum Gasteiger partial charge on any atom is -0.445 e. The molecule has 0 aliphatic heterocycles. The molecule has 23 heavy (non-hydrogen) atoms. The lowest BCUT2D eigenvalue weighted by Crippen LogP contribution is -2.47. The zero-order chi connectivity index (χ0) is 17.3. The second-order valence-electron chi connectivity index (χ2n) is 4.91. The molecular weight excluding hydrogens is 323 g/mol. The molecule has 9 heteroatoms. The van der Waals surface area contributed by atoms with E-state index in [4.69, 9.17) is 14.5 Å². The van der Waals surface area contributed by atoms with E-state index in [0.717, 1.165) is 5.56 Å². The van der Waals surface area contributed by atoms with Crippen molar-refractivity contribution in [3.63, 3.8) is 0 Å². The van der Waals surface area contributed by atoms with E-state index >= 15 is 0 Å². The highest BCUT2D eigenvalue weighted by atomic mass is 31.2. The van der Waals surface area contributed by atoms with Crippen molar-refractivity contribution in [2.24, 2.45) is 0 Å². The molecule has 0 saturated heterocycles. The maximum atomic E-state index is 11.9. The van der Waals surface area contributed by atoms with Crippen molar-refractivity contribution < 1.29 is 28.7 Å². The summed E-state index contributed by atoms with van der Waals surface area (Å²) in [4.78, 5) is 41.1. The first kappa shape index (κ1) is 19.2. The van der Waals surface area contributed by atoms with Crippen molar-refractivity contribution in [3.8, 4) is 0 Å². The number of rotatable bonds is 8. The molecule has 2 amide bonds. The molecule has 1 aromatic rings. The van der Waals surface area contributed by atoms with E-state index in [0.29, 0.717) is 12.8 Å². The molecule has 0 fully saturated rings. The van der Waals surface area contributed by atoms with Gasteiger partial charge in [0, 0.05) is 0 Å². The van der Waals surface area contributed by atoms with Crippen LogP contribution >= 0.6 is 7.60 Å². The molecule has 0 saturated carbocycles. The molecular formula is C14H21N2O6P. The van der Waals surface area contributed by atoms with Gasteiger partial charge in [-0.3, -0.25) is 9.36 Å². The molecule has 0 spiro atoms. The van der Waals surface area contributed by atoms with E-state index in [9.17, 15) is 14.2 Å². The molecule has 1 atom stereocenters. The summed E-state index contributed by atoms with van der Waals surface area (Å²) in [5.41, 5.74) is 0.806. The first-order chi connectivity index (χ1) is 10.8. The van der Waals surface area contributed by atoms with Gasteiger partial charge in [-0.1, -0.05) is 43.7 Å². The van der Waals surface area contributed by atoms with Gasteiger partial charge in [-0.2, -0.15) is 0 Å². The van der Waals surface area contributed by atoms with Gasteiger partial charge in [-0.05, 0) is 12.0 Å². The summed E-state index contributed by atoms with van der Waals surface area (Å²) < 4.78 is 15.8. The first-order valence-corrected chi connectivity index (χ1v) is 8.91. The summed E-state index contributed by atoms with van der Waals surface area (Å²) in [7, 11) is -4.34. The smallest absolute Gasteiger partial charge is 0.408 e. The predicted molar refractivity (Wildman–Crippen MR) is 83.5 cm³/mol. The Hall–Kier alpha value is -1.89. The van der Waals surface area contributed by atoms with Crippen LogP contribution < -0.4 is 10.6 Å². The van der Waals surface area contributed by atoms with Crippen molar-refractivity contribution >= 4 is 19.6 Å². The Morgan fingerprint density at radius 3 is 2.48 bits per heavy atom. The lowest BCUT2D eigenvalue weighted by Gasteiger charge is -2.18. The molecule has 1 aromatic carbocycles. The molecule has 0 aliphatic rings. The molecule has 128 valence electrons. The van der Waals surface area contributed by atoms with Crippen molar-refractivity contribution in [1.82, 2.24) is 10.6 Å². The highest BCUT2D eigenvalue weighted by Gasteiger charge is 2.23. The number of nitrogens with one attached hydrogen (secondary N) is 2. The number of amides is 2. The van der Waals surface area contributed by atoms with Crippen LogP contribution in [0.15, 0.2) is 30.3 Å². The van der Waals surface area contributed by atoms with E-state index in [1.54, 1.807) is 12.1 Å². The molecule has 0 aliphatic carbocycles. The monoisotopic (exact) mass is 344 g/mol. The normalized spacial score (nSPS) is 12.3. The largest absolute Gasteiger partial charge is 0.445 e. The zero-order valence-corrected chi connectivity index (χ0v) is 13.7. The number of ether oxygens (including phenoxy) is 1. The molecule has 0 radical (unpaired) electrons. The Kier molecular flexibility index (Phi) is 7.74. The summed E-state index contributed by atoms with van der Waals surface area (Å²) >= 11 is 0. The van der Waals surface area contributed by atoms with Crippen LogP contribution in [0.2, 0.25) is 0 Å². The third-order valence-corrected chi connectivity index (χ3v) is 3.43. The molecule has 0 bridgehead atoms. The maximum Gasteiger partial charge on any atom is 0.408 e. The number of benzene rings is 1. The minimum atomic E-state index is -4.34. The van der Waals surface area contributed by atoms with Crippen LogP contribution in [-0.4, -0.2) is 34.1 Å². The SMILES string of the molecule is CCC[C@H](NC(=O)OCc1ccccc1)C(=O)NCP(=O)(O)O. The second-order valence-corrected chi connectivity index (χ2v) is 6.56. The van der Waals surface area contributed by atoms with Gasteiger partial charge in [0.2, 0.25) is 5.91 Å². The van der Waals surface area contributed by atoms with Crippen LogP contribution in [0, 0.1) is 0 Å². The quantitative estimate of drug-likeness (QED) is 0.527. The summed E-state index contributed by atoms with van der Waals surface area (Å²) in [6.45, 7) is 1.88. The van der Waals surface area contributed by atoms with E-state index in [-0.39, 0.29) is 6.61 Å². The minimum absolute atomic E-state index is 0.0651. The number of hydrogen-bond acceptors (Lipinski definition) is 4. The molecule has 0 unspecified atom stereocenters. The standard InChI is InChI=1S/C14H21N2O6P/c1-2-6-12(13(17)15-10-23(19,20)21)16-14(18)22-9-11-7-4-3-5-8-11/h3-5,7-8,12H,2,6,9-10H2,1H3,(H,15,17)(H,16,18)(H2,19,20,21)/t12-/m0/s1. The molecule has 1 rings (SSSR count). The topological polar surface area (TPSA) is 125 Å². The highest BCUT2D eigenvalue weighted by Crippen LogP contribution is 2.31. The van der Waals surface area contributed by atoms with Crippen LogP contribution in [-0.2, 0) is 20.7 Å². The summed E-state index contributed by atoms with van der Waals surface area (Å²) in [6, 6.07) is 8.15. The Morgan fingerprint density at radius 2 is 1.91 bits per heavy atom. The van der Waals surface area contributed by atoms with Crippen LogP contribution in [0.5, 0.6) is 0 Å². The van der Waals surface area contributed by atoms with Crippen molar-refractivity contribution in [1.29, 1.82) is 0 Å². The predicted octanol–water partition coefficient (Wildman–Crippen LogP) is 1.33. The third kappa shape index (κ3) is 8.35. The Balaban J connectivity index is 2.48. The summed E-state index contributed by atoms with van der Waals surface area (Å²) in [5, 5.41) is 4.51. The second kappa shape index (κ2) is 9.29. The molecule has 0 heterocycles. The van der Waals surface area contributed by atoms with Gasteiger partial charge in [0.15, 0.2) is 0 Å². The van der Waals surface area contributed by atoms with E-state index in [2.05, 4.69) is 10.6 Å². The van der Waals surface area contributed by atoms with Crippen molar-refractivity contribution in [2.45, 2.75) is 32.4 Å². The highest BCUT2D eigenvalue weighted by molar-refractivity contribution is 7.51. The molecule has 0 aromatic heterocycles.